The first-order valence-electron chi connectivity index (χ1n) is 7.90. The van der Waals surface area contributed by atoms with Crippen LogP contribution in [-0.2, 0) is 11.2 Å². The van der Waals surface area contributed by atoms with Crippen LogP contribution in [0.4, 0.5) is 0 Å². The van der Waals surface area contributed by atoms with Gasteiger partial charge in [0.05, 0.1) is 20.3 Å². The van der Waals surface area contributed by atoms with Crippen LogP contribution in [0.2, 0.25) is 0 Å². The number of nitrogens with one attached hydrogen (secondary N) is 1. The molecule has 1 atom stereocenters. The van der Waals surface area contributed by atoms with Gasteiger partial charge in [0.1, 0.15) is 0 Å². The molecule has 1 amide bonds. The molecule has 0 aliphatic heterocycles. The van der Waals surface area contributed by atoms with E-state index in [1.54, 1.807) is 0 Å². The average molecular weight is 327 g/mol. The number of ether oxygens (including phenoxy) is 2. The number of carbonyl (C=O) groups is 1. The lowest BCUT2D eigenvalue weighted by Gasteiger charge is -2.18. The normalized spacial score (nSPS) is 15.7. The van der Waals surface area contributed by atoms with Crippen LogP contribution in [-0.4, -0.2) is 25.2 Å². The fourth-order valence-electron chi connectivity index (χ4n) is 3.41. The Morgan fingerprint density at radius 1 is 1.21 bits per heavy atom. The highest BCUT2D eigenvalue weighted by molar-refractivity contribution is 5.80. The fourth-order valence-corrected chi connectivity index (χ4v) is 3.41. The fraction of sp³-hybridized carbons (Fsp3) is 0.316. The Kier molecular flexibility index (Phi) is 4.34. The molecule has 2 aromatic carbocycles. The highest BCUT2D eigenvalue weighted by Gasteiger charge is 2.27. The summed E-state index contributed by atoms with van der Waals surface area (Å²) in [6, 6.07) is 9.73. The number of rotatable bonds is 3. The molecule has 0 bridgehead atoms. The van der Waals surface area contributed by atoms with E-state index in [0.29, 0.717) is 17.9 Å². The van der Waals surface area contributed by atoms with Crippen molar-refractivity contribution in [3.8, 4) is 28.4 Å². The first-order chi connectivity index (χ1) is 11.6. The van der Waals surface area contributed by atoms with Crippen molar-refractivity contribution in [2.24, 2.45) is 0 Å². The number of hydrogen-bond donors (Lipinski definition) is 2. The van der Waals surface area contributed by atoms with Gasteiger partial charge in [0.25, 0.3) is 0 Å². The molecule has 0 spiro atoms. The summed E-state index contributed by atoms with van der Waals surface area (Å²) in [5, 5.41) is 13.4. The second kappa shape index (κ2) is 6.43. The highest BCUT2D eigenvalue weighted by atomic mass is 16.5. The minimum Gasteiger partial charge on any atom is -0.502 e. The lowest BCUT2D eigenvalue weighted by atomic mass is 9.94. The van der Waals surface area contributed by atoms with Crippen molar-refractivity contribution < 1.29 is 19.4 Å². The first kappa shape index (κ1) is 16.2. The van der Waals surface area contributed by atoms with E-state index in [1.165, 1.54) is 21.1 Å². The average Bonchev–Trinajstić information content (AvgIpc) is 2.72. The van der Waals surface area contributed by atoms with Crippen LogP contribution in [0.15, 0.2) is 30.3 Å². The smallest absolute Gasteiger partial charge is 0.217 e. The minimum absolute atomic E-state index is 0.00853. The van der Waals surface area contributed by atoms with Gasteiger partial charge < -0.3 is 19.9 Å². The standard InChI is InChI=1S/C19H21NO4/c1-11(21)20-16-9-8-14-15(12-6-4-5-7-13(12)16)10-17(23-2)18(22)19(14)24-3/h4-7,10,16,22H,8-9H2,1-3H3,(H,20,21)/t16-/m0/s1. The summed E-state index contributed by atoms with van der Waals surface area (Å²) in [5.41, 5.74) is 3.96. The summed E-state index contributed by atoms with van der Waals surface area (Å²) in [4.78, 5) is 11.6. The molecule has 0 unspecified atom stereocenters. The summed E-state index contributed by atoms with van der Waals surface area (Å²) < 4.78 is 10.8. The van der Waals surface area contributed by atoms with Crippen LogP contribution in [0, 0.1) is 0 Å². The third-order valence-corrected chi connectivity index (χ3v) is 4.43. The SMILES string of the molecule is COc1cc2c(c(OC)c1O)CC[C@H](NC(C)=O)c1ccccc1-2. The molecular weight excluding hydrogens is 306 g/mol. The van der Waals surface area contributed by atoms with Crippen molar-refractivity contribution in [3.63, 3.8) is 0 Å². The Balaban J connectivity index is 2.25. The highest BCUT2D eigenvalue weighted by Crippen LogP contribution is 2.48. The van der Waals surface area contributed by atoms with Gasteiger partial charge in [-0.15, -0.1) is 0 Å². The van der Waals surface area contributed by atoms with Crippen molar-refractivity contribution >= 4 is 5.91 Å². The van der Waals surface area contributed by atoms with E-state index in [1.807, 2.05) is 30.3 Å². The number of aromatic hydroxyl groups is 1. The molecule has 1 aliphatic carbocycles. The Morgan fingerprint density at radius 2 is 1.96 bits per heavy atom. The number of carbonyl (C=O) groups excluding carboxylic acids is 1. The quantitative estimate of drug-likeness (QED) is 0.908. The van der Waals surface area contributed by atoms with E-state index in [-0.39, 0.29) is 17.7 Å². The Morgan fingerprint density at radius 3 is 2.62 bits per heavy atom. The number of benzene rings is 2. The van der Waals surface area contributed by atoms with Crippen molar-refractivity contribution in [1.29, 1.82) is 0 Å². The monoisotopic (exact) mass is 327 g/mol. The summed E-state index contributed by atoms with van der Waals surface area (Å²) in [6.07, 6.45) is 1.40. The molecule has 3 rings (SSSR count). The molecule has 0 saturated carbocycles. The molecular formula is C19H21NO4. The lowest BCUT2D eigenvalue weighted by molar-refractivity contribution is -0.119. The lowest BCUT2D eigenvalue weighted by Crippen LogP contribution is -2.26. The van der Waals surface area contributed by atoms with Crippen molar-refractivity contribution in [1.82, 2.24) is 5.32 Å². The summed E-state index contributed by atoms with van der Waals surface area (Å²) in [5.74, 6) is 0.753. The zero-order valence-corrected chi connectivity index (χ0v) is 14.1. The predicted octanol–water partition coefficient (Wildman–Crippen LogP) is 3.20. The molecule has 0 fully saturated rings. The van der Waals surface area contributed by atoms with Crippen LogP contribution in [0.1, 0.15) is 30.5 Å². The van der Waals surface area contributed by atoms with E-state index in [2.05, 4.69) is 5.32 Å². The summed E-state index contributed by atoms with van der Waals surface area (Å²) >= 11 is 0. The number of methoxy groups -OCH3 is 2. The number of phenolic OH excluding ortho intramolecular Hbond substituents is 1. The maximum Gasteiger partial charge on any atom is 0.217 e. The molecule has 126 valence electrons. The van der Waals surface area contributed by atoms with Crippen LogP contribution >= 0.6 is 0 Å². The second-order valence-corrected chi connectivity index (χ2v) is 5.87. The molecule has 1 aliphatic rings. The van der Waals surface area contributed by atoms with E-state index in [4.69, 9.17) is 9.47 Å². The van der Waals surface area contributed by atoms with E-state index < -0.39 is 0 Å². The summed E-state index contributed by atoms with van der Waals surface area (Å²) in [6.45, 7) is 1.52. The minimum atomic E-state index is -0.0797. The molecule has 5 nitrogen and oxygen atoms in total. The van der Waals surface area contributed by atoms with Gasteiger partial charge in [-0.25, -0.2) is 0 Å². The van der Waals surface area contributed by atoms with Crippen LogP contribution < -0.4 is 14.8 Å². The molecule has 24 heavy (non-hydrogen) atoms. The Bertz CT molecular complexity index is 785. The topological polar surface area (TPSA) is 67.8 Å². The van der Waals surface area contributed by atoms with Gasteiger partial charge in [0.2, 0.25) is 11.7 Å². The third-order valence-electron chi connectivity index (χ3n) is 4.43. The Labute approximate surface area is 141 Å². The van der Waals surface area contributed by atoms with E-state index in [0.717, 1.165) is 28.7 Å². The van der Waals surface area contributed by atoms with Gasteiger partial charge >= 0.3 is 0 Å². The largest absolute Gasteiger partial charge is 0.502 e. The number of amides is 1. The number of fused-ring (bicyclic) bond motifs is 3. The van der Waals surface area contributed by atoms with Crippen LogP contribution in [0.5, 0.6) is 17.2 Å². The molecule has 0 aromatic heterocycles. The molecule has 5 heteroatoms. The zero-order chi connectivity index (χ0) is 17.3. The van der Waals surface area contributed by atoms with Crippen LogP contribution in [0.25, 0.3) is 11.1 Å². The molecule has 2 N–H and O–H groups in total. The third kappa shape index (κ3) is 2.66. The maximum atomic E-state index is 11.6. The zero-order valence-electron chi connectivity index (χ0n) is 14.1. The van der Waals surface area contributed by atoms with Gasteiger partial charge in [0, 0.05) is 12.5 Å². The van der Waals surface area contributed by atoms with Gasteiger partial charge in [-0.3, -0.25) is 4.79 Å². The molecule has 0 heterocycles. The van der Waals surface area contributed by atoms with Gasteiger partial charge in [-0.1, -0.05) is 24.3 Å². The van der Waals surface area contributed by atoms with Crippen LogP contribution in [0.3, 0.4) is 0 Å². The van der Waals surface area contributed by atoms with E-state index in [9.17, 15) is 9.90 Å². The molecule has 2 aromatic rings. The second-order valence-electron chi connectivity index (χ2n) is 5.87. The molecule has 0 saturated heterocycles. The van der Waals surface area contributed by atoms with Gasteiger partial charge in [-0.05, 0) is 35.6 Å². The molecule has 0 radical (unpaired) electrons. The number of hydrogen-bond acceptors (Lipinski definition) is 4. The summed E-state index contributed by atoms with van der Waals surface area (Å²) in [7, 11) is 3.06. The maximum absolute atomic E-state index is 11.6. The Hall–Kier alpha value is -2.69. The first-order valence-corrected chi connectivity index (χ1v) is 7.90. The van der Waals surface area contributed by atoms with Crippen molar-refractivity contribution in [3.05, 3.63) is 41.5 Å². The van der Waals surface area contributed by atoms with Crippen molar-refractivity contribution in [2.45, 2.75) is 25.8 Å². The van der Waals surface area contributed by atoms with Gasteiger partial charge in [-0.2, -0.15) is 0 Å². The number of phenols is 1. The van der Waals surface area contributed by atoms with Gasteiger partial charge in [0.15, 0.2) is 11.5 Å². The predicted molar refractivity (Wildman–Crippen MR) is 91.5 cm³/mol. The van der Waals surface area contributed by atoms with Crippen molar-refractivity contribution in [2.75, 3.05) is 14.2 Å². The van der Waals surface area contributed by atoms with E-state index >= 15 is 0 Å².